The third-order valence-corrected chi connectivity index (χ3v) is 4.56. The minimum Gasteiger partial charge on any atom is -0.469 e. The Morgan fingerprint density at radius 1 is 1.43 bits per heavy atom. The SMILES string of the molecule is Cc1occc1C(=O)Nc1nc(CN2C[C@H](C)O[C@@H](C)C2)cs1. The molecule has 1 fully saturated rings. The number of morpholine rings is 1. The number of furan rings is 1. The summed E-state index contributed by atoms with van der Waals surface area (Å²) in [7, 11) is 0. The predicted molar refractivity (Wildman–Crippen MR) is 88.8 cm³/mol. The normalized spacial score (nSPS) is 22.2. The summed E-state index contributed by atoms with van der Waals surface area (Å²) in [4.78, 5) is 19.0. The fourth-order valence-electron chi connectivity index (χ4n) is 2.86. The van der Waals surface area contributed by atoms with Gasteiger partial charge in [-0.15, -0.1) is 11.3 Å². The maximum Gasteiger partial charge on any atom is 0.260 e. The van der Waals surface area contributed by atoms with Crippen LogP contribution in [-0.4, -0.2) is 41.1 Å². The van der Waals surface area contributed by atoms with Crippen LogP contribution in [0.15, 0.2) is 22.1 Å². The van der Waals surface area contributed by atoms with Crippen LogP contribution < -0.4 is 5.32 Å². The zero-order chi connectivity index (χ0) is 16.4. The van der Waals surface area contributed by atoms with Crippen molar-refractivity contribution in [3.63, 3.8) is 0 Å². The monoisotopic (exact) mass is 335 g/mol. The van der Waals surface area contributed by atoms with Crippen LogP contribution in [0.5, 0.6) is 0 Å². The molecule has 1 aliphatic heterocycles. The van der Waals surface area contributed by atoms with Gasteiger partial charge in [-0.05, 0) is 26.8 Å². The van der Waals surface area contributed by atoms with Crippen LogP contribution >= 0.6 is 11.3 Å². The number of aromatic nitrogens is 1. The van der Waals surface area contributed by atoms with Gasteiger partial charge in [-0.1, -0.05) is 0 Å². The Hall–Kier alpha value is -1.70. The lowest BCUT2D eigenvalue weighted by molar-refractivity contribution is -0.0707. The summed E-state index contributed by atoms with van der Waals surface area (Å²) >= 11 is 1.44. The molecule has 23 heavy (non-hydrogen) atoms. The lowest BCUT2D eigenvalue weighted by Gasteiger charge is -2.34. The van der Waals surface area contributed by atoms with Gasteiger partial charge >= 0.3 is 0 Å². The van der Waals surface area contributed by atoms with Crippen LogP contribution in [0.2, 0.25) is 0 Å². The highest BCUT2D eigenvalue weighted by Gasteiger charge is 2.23. The van der Waals surface area contributed by atoms with E-state index in [4.69, 9.17) is 9.15 Å². The minimum absolute atomic E-state index is 0.189. The first-order valence-corrected chi connectivity index (χ1v) is 8.57. The Morgan fingerprint density at radius 2 is 2.17 bits per heavy atom. The first kappa shape index (κ1) is 16.2. The van der Waals surface area contributed by atoms with Crippen molar-refractivity contribution in [3.05, 3.63) is 34.7 Å². The molecule has 1 aliphatic rings. The van der Waals surface area contributed by atoms with Crippen LogP contribution in [0, 0.1) is 6.92 Å². The van der Waals surface area contributed by atoms with E-state index < -0.39 is 0 Å². The number of hydrogen-bond donors (Lipinski definition) is 1. The number of anilines is 1. The number of nitrogens with zero attached hydrogens (tertiary/aromatic N) is 2. The quantitative estimate of drug-likeness (QED) is 0.930. The van der Waals surface area contributed by atoms with Crippen molar-refractivity contribution < 1.29 is 13.9 Å². The molecule has 2 aromatic rings. The van der Waals surface area contributed by atoms with Gasteiger partial charge in [0.05, 0.1) is 29.7 Å². The number of aryl methyl sites for hydroxylation is 1. The number of rotatable bonds is 4. The lowest BCUT2D eigenvalue weighted by atomic mass is 10.2. The van der Waals surface area contributed by atoms with E-state index in [1.54, 1.807) is 13.0 Å². The van der Waals surface area contributed by atoms with E-state index in [-0.39, 0.29) is 18.1 Å². The summed E-state index contributed by atoms with van der Waals surface area (Å²) in [5.74, 6) is 0.418. The second-order valence-corrected chi connectivity index (χ2v) is 6.80. The van der Waals surface area contributed by atoms with E-state index in [0.717, 1.165) is 25.3 Å². The Morgan fingerprint density at radius 3 is 2.83 bits per heavy atom. The molecule has 7 heteroatoms. The van der Waals surface area contributed by atoms with E-state index in [1.165, 1.54) is 17.6 Å². The van der Waals surface area contributed by atoms with Crippen LogP contribution in [0.4, 0.5) is 5.13 Å². The average Bonchev–Trinajstić information content (AvgIpc) is 3.07. The van der Waals surface area contributed by atoms with Crippen molar-refractivity contribution in [1.29, 1.82) is 0 Å². The van der Waals surface area contributed by atoms with Crippen molar-refractivity contribution in [1.82, 2.24) is 9.88 Å². The summed E-state index contributed by atoms with van der Waals surface area (Å²) < 4.78 is 10.9. The number of carbonyl (C=O) groups is 1. The third-order valence-electron chi connectivity index (χ3n) is 3.76. The fraction of sp³-hybridized carbons (Fsp3) is 0.500. The molecule has 2 aromatic heterocycles. The molecule has 3 heterocycles. The van der Waals surface area contributed by atoms with Crippen molar-refractivity contribution in [2.24, 2.45) is 0 Å². The van der Waals surface area contributed by atoms with Gasteiger partial charge in [0.1, 0.15) is 5.76 Å². The summed E-state index contributed by atoms with van der Waals surface area (Å²) in [6, 6.07) is 1.66. The Bertz CT molecular complexity index is 672. The van der Waals surface area contributed by atoms with E-state index >= 15 is 0 Å². The van der Waals surface area contributed by atoms with Gasteiger partial charge in [-0.25, -0.2) is 4.98 Å². The molecule has 1 saturated heterocycles. The summed E-state index contributed by atoms with van der Waals surface area (Å²) in [6.07, 6.45) is 1.99. The van der Waals surface area contributed by atoms with Gasteiger partial charge in [0, 0.05) is 25.0 Å². The first-order chi connectivity index (χ1) is 11.0. The van der Waals surface area contributed by atoms with Crippen LogP contribution in [0.3, 0.4) is 0 Å². The maximum absolute atomic E-state index is 12.1. The molecule has 6 nitrogen and oxygen atoms in total. The molecule has 3 rings (SSSR count). The van der Waals surface area contributed by atoms with Gasteiger partial charge in [0.15, 0.2) is 5.13 Å². The Kier molecular flexibility index (Phi) is 4.79. The number of amides is 1. The smallest absolute Gasteiger partial charge is 0.260 e. The molecule has 1 N–H and O–H groups in total. The second kappa shape index (κ2) is 6.82. The zero-order valence-corrected chi connectivity index (χ0v) is 14.4. The molecule has 0 aliphatic carbocycles. The van der Waals surface area contributed by atoms with E-state index in [9.17, 15) is 4.79 Å². The van der Waals surface area contributed by atoms with E-state index in [0.29, 0.717) is 16.5 Å². The van der Waals surface area contributed by atoms with Crippen molar-refractivity contribution in [2.45, 2.75) is 39.5 Å². The Labute approximate surface area is 139 Å². The molecule has 0 radical (unpaired) electrons. The van der Waals surface area contributed by atoms with Crippen LogP contribution in [-0.2, 0) is 11.3 Å². The van der Waals surface area contributed by atoms with E-state index in [2.05, 4.69) is 29.0 Å². The molecule has 0 bridgehead atoms. The summed E-state index contributed by atoms with van der Waals surface area (Å²) in [6.45, 7) is 8.51. The standard InChI is InChI=1S/C16H21N3O3S/c1-10-6-19(7-11(2)22-10)8-13-9-23-16(17-13)18-15(20)14-4-5-21-12(14)3/h4-5,9-11H,6-8H2,1-3H3,(H,17,18,20)/t10-,11-/m0/s1. The highest BCUT2D eigenvalue weighted by molar-refractivity contribution is 7.13. The summed E-state index contributed by atoms with van der Waals surface area (Å²) in [5.41, 5.74) is 1.51. The average molecular weight is 335 g/mol. The van der Waals surface area contributed by atoms with E-state index in [1.807, 2.05) is 5.38 Å². The third kappa shape index (κ3) is 3.99. The molecule has 0 saturated carbocycles. The highest BCUT2D eigenvalue weighted by atomic mass is 32.1. The molecule has 0 aromatic carbocycles. The van der Waals surface area contributed by atoms with Crippen LogP contribution in [0.25, 0.3) is 0 Å². The molecule has 124 valence electrons. The molecule has 0 spiro atoms. The number of thiazole rings is 1. The molecule has 2 atom stereocenters. The maximum atomic E-state index is 12.1. The van der Waals surface area contributed by atoms with Crippen molar-refractivity contribution in [3.8, 4) is 0 Å². The van der Waals surface area contributed by atoms with Gasteiger partial charge in [-0.2, -0.15) is 0 Å². The molecule has 1 amide bonds. The van der Waals surface area contributed by atoms with Crippen molar-refractivity contribution in [2.75, 3.05) is 18.4 Å². The topological polar surface area (TPSA) is 67.6 Å². The number of carbonyl (C=O) groups excluding carboxylic acids is 1. The van der Waals surface area contributed by atoms with Crippen molar-refractivity contribution >= 4 is 22.4 Å². The largest absolute Gasteiger partial charge is 0.469 e. The Balaban J connectivity index is 1.60. The molecular formula is C16H21N3O3S. The van der Waals surface area contributed by atoms with Gasteiger partial charge in [0.2, 0.25) is 0 Å². The van der Waals surface area contributed by atoms with Gasteiger partial charge in [-0.3, -0.25) is 15.0 Å². The van der Waals surface area contributed by atoms with Gasteiger partial charge in [0.25, 0.3) is 5.91 Å². The number of hydrogen-bond acceptors (Lipinski definition) is 6. The first-order valence-electron chi connectivity index (χ1n) is 7.69. The summed E-state index contributed by atoms with van der Waals surface area (Å²) in [5, 5.41) is 5.43. The number of nitrogens with one attached hydrogen (secondary N) is 1. The molecule has 0 unspecified atom stereocenters. The highest BCUT2D eigenvalue weighted by Crippen LogP contribution is 2.20. The fourth-order valence-corrected chi connectivity index (χ4v) is 3.56. The molecular weight excluding hydrogens is 314 g/mol. The van der Waals surface area contributed by atoms with Gasteiger partial charge < -0.3 is 9.15 Å². The minimum atomic E-state index is -0.189. The zero-order valence-electron chi connectivity index (χ0n) is 13.5. The second-order valence-electron chi connectivity index (χ2n) is 5.94. The number of ether oxygens (including phenoxy) is 1. The lowest BCUT2D eigenvalue weighted by Crippen LogP contribution is -2.44. The van der Waals surface area contributed by atoms with Crippen LogP contribution in [0.1, 0.15) is 35.7 Å². The predicted octanol–water partition coefficient (Wildman–Crippen LogP) is 2.91.